The van der Waals surface area contributed by atoms with Gasteiger partial charge in [0, 0.05) is 50.2 Å². The van der Waals surface area contributed by atoms with Crippen LogP contribution in [0, 0.1) is 5.41 Å². The van der Waals surface area contributed by atoms with Gasteiger partial charge in [0.1, 0.15) is 11.5 Å². The topological polar surface area (TPSA) is 87.2 Å². The molecule has 3 N–H and O–H groups in total. The fraction of sp³-hybridized carbons (Fsp3) is 0.652. The van der Waals surface area contributed by atoms with Crippen LogP contribution in [-0.4, -0.2) is 69.8 Å². The molecular weight excluding hydrogens is 521 g/mol. The van der Waals surface area contributed by atoms with Gasteiger partial charge in [-0.05, 0) is 31.0 Å². The minimum atomic E-state index is -0.382. The van der Waals surface area contributed by atoms with Crippen LogP contribution in [0.25, 0.3) is 0 Å². The van der Waals surface area contributed by atoms with Crippen molar-refractivity contribution in [3.63, 3.8) is 0 Å². The largest absolute Gasteiger partial charge is 0.497 e. The highest BCUT2D eigenvalue weighted by atomic mass is 127. The standard InChI is InChI=1S/C23H39N5O3.HI/c1-7-24-22(26-10-9-25-21(29)23(2,3)4)27-18-8-11-28(16-18)15-17-12-19(30-5)14-20(13-17)31-6;/h12-14,18H,7-11,15-16H2,1-6H3,(H,25,29)(H2,24,26,27);1H. The average Bonchev–Trinajstić information content (AvgIpc) is 3.16. The molecule has 32 heavy (non-hydrogen) atoms. The van der Waals surface area contributed by atoms with Gasteiger partial charge in [0.2, 0.25) is 5.91 Å². The third kappa shape index (κ3) is 9.40. The van der Waals surface area contributed by atoms with Gasteiger partial charge in [0.25, 0.3) is 0 Å². The van der Waals surface area contributed by atoms with Gasteiger partial charge in [0.05, 0.1) is 20.8 Å². The lowest BCUT2D eigenvalue weighted by Crippen LogP contribution is -2.45. The Morgan fingerprint density at radius 2 is 1.81 bits per heavy atom. The molecule has 1 aromatic rings. The van der Waals surface area contributed by atoms with Crippen LogP contribution in [0.4, 0.5) is 0 Å². The van der Waals surface area contributed by atoms with E-state index in [9.17, 15) is 4.79 Å². The maximum atomic E-state index is 12.0. The van der Waals surface area contributed by atoms with E-state index >= 15 is 0 Å². The second-order valence-electron chi connectivity index (χ2n) is 8.85. The number of carbonyl (C=O) groups is 1. The number of methoxy groups -OCH3 is 2. The summed E-state index contributed by atoms with van der Waals surface area (Å²) < 4.78 is 10.8. The number of guanidine groups is 1. The van der Waals surface area contributed by atoms with Crippen molar-refractivity contribution in [1.29, 1.82) is 0 Å². The van der Waals surface area contributed by atoms with Crippen molar-refractivity contribution >= 4 is 35.8 Å². The summed E-state index contributed by atoms with van der Waals surface area (Å²) in [5.41, 5.74) is 0.791. The molecule has 0 bridgehead atoms. The van der Waals surface area contributed by atoms with E-state index < -0.39 is 0 Å². The van der Waals surface area contributed by atoms with Gasteiger partial charge in [-0.25, -0.2) is 0 Å². The summed E-state index contributed by atoms with van der Waals surface area (Å²) in [5.74, 6) is 2.45. The van der Waals surface area contributed by atoms with Crippen molar-refractivity contribution in [2.45, 2.75) is 46.7 Å². The highest BCUT2D eigenvalue weighted by Crippen LogP contribution is 2.24. The smallest absolute Gasteiger partial charge is 0.225 e. The third-order valence-corrected chi connectivity index (χ3v) is 5.12. The molecule has 0 aromatic heterocycles. The van der Waals surface area contributed by atoms with Crippen molar-refractivity contribution in [2.24, 2.45) is 10.4 Å². The van der Waals surface area contributed by atoms with Crippen LogP contribution in [0.2, 0.25) is 0 Å². The molecule has 1 amide bonds. The average molecular weight is 562 g/mol. The molecule has 0 aliphatic carbocycles. The van der Waals surface area contributed by atoms with Crippen molar-refractivity contribution in [2.75, 3.05) is 46.9 Å². The molecule has 1 fully saturated rings. The third-order valence-electron chi connectivity index (χ3n) is 5.12. The fourth-order valence-electron chi connectivity index (χ4n) is 3.43. The van der Waals surface area contributed by atoms with Crippen molar-refractivity contribution in [1.82, 2.24) is 20.9 Å². The molecule has 0 spiro atoms. The molecule has 1 saturated heterocycles. The number of carbonyl (C=O) groups excluding carboxylic acids is 1. The maximum Gasteiger partial charge on any atom is 0.225 e. The van der Waals surface area contributed by atoms with E-state index in [0.29, 0.717) is 19.1 Å². The predicted octanol–water partition coefficient (Wildman–Crippen LogP) is 2.61. The summed E-state index contributed by atoms with van der Waals surface area (Å²) in [4.78, 5) is 19.0. The number of nitrogens with zero attached hydrogens (tertiary/aromatic N) is 2. The lowest BCUT2D eigenvalue weighted by Gasteiger charge is -2.20. The second kappa shape index (κ2) is 13.7. The van der Waals surface area contributed by atoms with Crippen molar-refractivity contribution in [3.05, 3.63) is 23.8 Å². The number of benzene rings is 1. The number of ether oxygens (including phenoxy) is 2. The molecule has 9 heteroatoms. The number of amides is 1. The van der Waals surface area contributed by atoms with E-state index in [1.807, 2.05) is 26.8 Å². The first-order chi connectivity index (χ1) is 14.7. The van der Waals surface area contributed by atoms with Gasteiger partial charge in [-0.1, -0.05) is 20.8 Å². The number of rotatable bonds is 9. The Labute approximate surface area is 209 Å². The summed E-state index contributed by atoms with van der Waals surface area (Å²) in [5, 5.41) is 9.76. The SMILES string of the molecule is CCNC(=NCCNC(=O)C(C)(C)C)NC1CCN(Cc2cc(OC)cc(OC)c2)C1.I. The highest BCUT2D eigenvalue weighted by Gasteiger charge is 2.24. The van der Waals surface area contributed by atoms with Crippen LogP contribution in [0.1, 0.15) is 39.7 Å². The van der Waals surface area contributed by atoms with Crippen LogP contribution in [-0.2, 0) is 11.3 Å². The zero-order valence-electron chi connectivity index (χ0n) is 20.3. The zero-order chi connectivity index (χ0) is 22.9. The van der Waals surface area contributed by atoms with E-state index in [2.05, 4.69) is 44.9 Å². The maximum absolute atomic E-state index is 12.0. The first-order valence-electron chi connectivity index (χ1n) is 11.0. The first kappa shape index (κ1) is 28.3. The zero-order valence-corrected chi connectivity index (χ0v) is 22.6. The molecule has 182 valence electrons. The predicted molar refractivity (Wildman–Crippen MR) is 140 cm³/mol. The molecule has 2 rings (SSSR count). The van der Waals surface area contributed by atoms with E-state index in [-0.39, 0.29) is 35.3 Å². The van der Waals surface area contributed by atoms with Gasteiger partial charge in [0.15, 0.2) is 5.96 Å². The monoisotopic (exact) mass is 561 g/mol. The lowest BCUT2D eigenvalue weighted by molar-refractivity contribution is -0.128. The Hall–Kier alpha value is -1.75. The van der Waals surface area contributed by atoms with Gasteiger partial charge < -0.3 is 25.4 Å². The molecule has 0 saturated carbocycles. The molecule has 1 aliphatic rings. The van der Waals surface area contributed by atoms with Crippen molar-refractivity contribution in [3.8, 4) is 11.5 Å². The summed E-state index contributed by atoms with van der Waals surface area (Å²) in [6.45, 7) is 12.4. The summed E-state index contributed by atoms with van der Waals surface area (Å²) in [7, 11) is 3.34. The Bertz CT molecular complexity index is 729. The number of likely N-dealkylation sites (tertiary alicyclic amines) is 1. The fourth-order valence-corrected chi connectivity index (χ4v) is 3.43. The van der Waals surface area contributed by atoms with Crippen LogP contribution in [0.15, 0.2) is 23.2 Å². The quantitative estimate of drug-likeness (QED) is 0.186. The molecule has 1 atom stereocenters. The van der Waals surface area contributed by atoms with Gasteiger partial charge in [-0.15, -0.1) is 24.0 Å². The van der Waals surface area contributed by atoms with Gasteiger partial charge >= 0.3 is 0 Å². The molecule has 1 unspecified atom stereocenters. The number of hydrogen-bond acceptors (Lipinski definition) is 5. The Morgan fingerprint density at radius 3 is 2.38 bits per heavy atom. The summed E-state index contributed by atoms with van der Waals surface area (Å²) in [6, 6.07) is 6.33. The van der Waals surface area contributed by atoms with Crippen LogP contribution < -0.4 is 25.4 Å². The molecule has 0 radical (unpaired) electrons. The molecule has 1 heterocycles. The van der Waals surface area contributed by atoms with Crippen LogP contribution in [0.5, 0.6) is 11.5 Å². The second-order valence-corrected chi connectivity index (χ2v) is 8.85. The van der Waals surface area contributed by atoms with E-state index in [1.165, 1.54) is 5.56 Å². The summed E-state index contributed by atoms with van der Waals surface area (Å²) in [6.07, 6.45) is 1.05. The number of nitrogens with one attached hydrogen (secondary N) is 3. The number of hydrogen-bond donors (Lipinski definition) is 3. The molecule has 1 aromatic carbocycles. The van der Waals surface area contributed by atoms with Crippen molar-refractivity contribution < 1.29 is 14.3 Å². The Balaban J connectivity index is 0.00000512. The van der Waals surface area contributed by atoms with E-state index in [0.717, 1.165) is 50.1 Å². The van der Waals surface area contributed by atoms with Gasteiger partial charge in [-0.3, -0.25) is 14.7 Å². The molecular formula is C23H40IN5O3. The minimum absolute atomic E-state index is 0. The van der Waals surface area contributed by atoms with Gasteiger partial charge in [-0.2, -0.15) is 0 Å². The van der Waals surface area contributed by atoms with Crippen LogP contribution in [0.3, 0.4) is 0 Å². The minimum Gasteiger partial charge on any atom is -0.497 e. The van der Waals surface area contributed by atoms with E-state index in [1.54, 1.807) is 14.2 Å². The molecule has 8 nitrogen and oxygen atoms in total. The first-order valence-corrected chi connectivity index (χ1v) is 11.0. The highest BCUT2D eigenvalue weighted by molar-refractivity contribution is 14.0. The lowest BCUT2D eigenvalue weighted by atomic mass is 9.96. The number of aliphatic imine (C=N–C) groups is 1. The Morgan fingerprint density at radius 1 is 1.16 bits per heavy atom. The van der Waals surface area contributed by atoms with Crippen LogP contribution >= 0.6 is 24.0 Å². The summed E-state index contributed by atoms with van der Waals surface area (Å²) >= 11 is 0. The number of halogens is 1. The Kier molecular flexibility index (Phi) is 12.1. The normalized spacial score (nSPS) is 16.8. The molecule has 1 aliphatic heterocycles. The van der Waals surface area contributed by atoms with E-state index in [4.69, 9.17) is 9.47 Å².